The fourth-order valence-electron chi connectivity index (χ4n) is 2.84. The highest BCUT2D eigenvalue weighted by Crippen LogP contribution is 2.47. The fourth-order valence-corrected chi connectivity index (χ4v) is 3.98. The van der Waals surface area contributed by atoms with Crippen LogP contribution in [0.3, 0.4) is 0 Å². The van der Waals surface area contributed by atoms with Gasteiger partial charge in [0.25, 0.3) is 0 Å². The van der Waals surface area contributed by atoms with Gasteiger partial charge in [-0.25, -0.2) is 0 Å². The molecule has 0 saturated heterocycles. The number of pyridine rings is 1. The largest absolute Gasteiger partial charge is 0.486 e. The van der Waals surface area contributed by atoms with Gasteiger partial charge < -0.3 is 9.84 Å². The van der Waals surface area contributed by atoms with E-state index in [0.29, 0.717) is 11.4 Å². The number of aromatic nitrogens is 1. The topological polar surface area (TPSA) is 42.4 Å². The van der Waals surface area contributed by atoms with Gasteiger partial charge in [0, 0.05) is 23.4 Å². The molecular weight excluding hydrogens is 401 g/mol. The van der Waals surface area contributed by atoms with E-state index in [-0.39, 0.29) is 17.6 Å². The van der Waals surface area contributed by atoms with Crippen molar-refractivity contribution in [3.63, 3.8) is 0 Å². The summed E-state index contributed by atoms with van der Waals surface area (Å²) in [5.74, 6) is 0.771. The lowest BCUT2D eigenvalue weighted by Crippen LogP contribution is -2.57. The molecule has 5 heteroatoms. The SMILES string of the molecule is CCC1(C)C(O)CC1Oc1c(I)cc(Cl)c2cccnc12. The first-order valence-electron chi connectivity index (χ1n) is 7.04. The Balaban J connectivity index is 2.02. The molecule has 112 valence electrons. The molecule has 0 amide bonds. The number of ether oxygens (including phenoxy) is 1. The highest BCUT2D eigenvalue weighted by atomic mass is 127. The van der Waals surface area contributed by atoms with Gasteiger partial charge >= 0.3 is 0 Å². The highest BCUT2D eigenvalue weighted by Gasteiger charge is 2.51. The molecular formula is C16H17ClINO2. The van der Waals surface area contributed by atoms with Gasteiger partial charge in [0.2, 0.25) is 0 Å². The van der Waals surface area contributed by atoms with E-state index >= 15 is 0 Å². The van der Waals surface area contributed by atoms with Crippen molar-refractivity contribution >= 4 is 45.1 Å². The maximum Gasteiger partial charge on any atom is 0.159 e. The second kappa shape index (κ2) is 5.56. The van der Waals surface area contributed by atoms with Crippen molar-refractivity contribution in [2.24, 2.45) is 5.41 Å². The number of rotatable bonds is 3. The molecule has 1 aliphatic rings. The predicted octanol–water partition coefficient (Wildman–Crippen LogP) is 4.42. The van der Waals surface area contributed by atoms with Gasteiger partial charge in [-0.15, -0.1) is 0 Å². The zero-order valence-electron chi connectivity index (χ0n) is 11.9. The maximum atomic E-state index is 10.0. The van der Waals surface area contributed by atoms with E-state index in [4.69, 9.17) is 16.3 Å². The summed E-state index contributed by atoms with van der Waals surface area (Å²) in [5.41, 5.74) is 0.596. The second-order valence-electron chi connectivity index (χ2n) is 5.79. The molecule has 1 fully saturated rings. The number of hydrogen-bond donors (Lipinski definition) is 1. The zero-order valence-corrected chi connectivity index (χ0v) is 14.9. The van der Waals surface area contributed by atoms with Crippen molar-refractivity contribution < 1.29 is 9.84 Å². The number of halogens is 2. The Bertz CT molecular complexity index is 693. The summed E-state index contributed by atoms with van der Waals surface area (Å²) < 4.78 is 7.19. The molecule has 1 saturated carbocycles. The molecule has 2 aromatic rings. The number of fused-ring (bicyclic) bond motifs is 1. The Morgan fingerprint density at radius 1 is 1.57 bits per heavy atom. The molecule has 3 atom stereocenters. The monoisotopic (exact) mass is 417 g/mol. The lowest BCUT2D eigenvalue weighted by molar-refractivity contribution is -0.146. The quantitative estimate of drug-likeness (QED) is 0.752. The predicted molar refractivity (Wildman–Crippen MR) is 92.9 cm³/mol. The van der Waals surface area contributed by atoms with Crippen LogP contribution in [0.1, 0.15) is 26.7 Å². The number of benzene rings is 1. The van der Waals surface area contributed by atoms with Crippen LogP contribution in [0.5, 0.6) is 5.75 Å². The average Bonchev–Trinajstić information content (AvgIpc) is 2.49. The Morgan fingerprint density at radius 2 is 2.33 bits per heavy atom. The van der Waals surface area contributed by atoms with Crippen LogP contribution in [0, 0.1) is 8.99 Å². The Labute approximate surface area is 142 Å². The lowest BCUT2D eigenvalue weighted by atomic mass is 9.63. The van der Waals surface area contributed by atoms with Gasteiger partial charge in [-0.2, -0.15) is 0 Å². The van der Waals surface area contributed by atoms with E-state index in [1.807, 2.05) is 18.2 Å². The van der Waals surface area contributed by atoms with Gasteiger partial charge in [0.05, 0.1) is 14.7 Å². The van der Waals surface area contributed by atoms with Gasteiger partial charge in [-0.05, 0) is 47.2 Å². The smallest absolute Gasteiger partial charge is 0.159 e. The van der Waals surface area contributed by atoms with Crippen molar-refractivity contribution in [1.29, 1.82) is 0 Å². The minimum Gasteiger partial charge on any atom is -0.486 e. The van der Waals surface area contributed by atoms with E-state index in [1.165, 1.54) is 0 Å². The van der Waals surface area contributed by atoms with Crippen molar-refractivity contribution in [3.05, 3.63) is 33.0 Å². The normalized spacial score (nSPS) is 28.4. The summed E-state index contributed by atoms with van der Waals surface area (Å²) in [4.78, 5) is 4.43. The van der Waals surface area contributed by atoms with Gasteiger partial charge in [-0.1, -0.05) is 25.4 Å². The Morgan fingerprint density at radius 3 is 3.00 bits per heavy atom. The van der Waals surface area contributed by atoms with Gasteiger partial charge in [0.1, 0.15) is 11.6 Å². The van der Waals surface area contributed by atoms with Crippen LogP contribution in [0.15, 0.2) is 24.4 Å². The molecule has 3 nitrogen and oxygen atoms in total. The average molecular weight is 418 g/mol. The molecule has 1 heterocycles. The molecule has 3 rings (SSSR count). The third kappa shape index (κ3) is 2.41. The first kappa shape index (κ1) is 15.3. The summed E-state index contributed by atoms with van der Waals surface area (Å²) >= 11 is 8.51. The van der Waals surface area contributed by atoms with E-state index in [1.54, 1.807) is 6.20 Å². The third-order valence-corrected chi connectivity index (χ3v) is 5.82. The Kier molecular flexibility index (Phi) is 4.05. The fraction of sp³-hybridized carbons (Fsp3) is 0.438. The summed E-state index contributed by atoms with van der Waals surface area (Å²) in [6.07, 6.45) is 3.01. The molecule has 0 bridgehead atoms. The standard InChI is InChI=1S/C16H17ClINO2/c1-3-16(2)12(20)8-13(16)21-15-11(18)7-10(17)9-5-4-6-19-14(9)15/h4-7,12-13,20H,3,8H2,1-2H3. The van der Waals surface area contributed by atoms with E-state index < -0.39 is 0 Å². The number of nitrogens with zero attached hydrogens (tertiary/aromatic N) is 1. The first-order valence-corrected chi connectivity index (χ1v) is 8.50. The minimum atomic E-state index is -0.295. The zero-order chi connectivity index (χ0) is 15.2. The molecule has 21 heavy (non-hydrogen) atoms. The van der Waals surface area contributed by atoms with Crippen molar-refractivity contribution in [3.8, 4) is 5.75 Å². The molecule has 1 aliphatic carbocycles. The molecule has 0 spiro atoms. The third-order valence-electron chi connectivity index (χ3n) is 4.71. The van der Waals surface area contributed by atoms with Crippen LogP contribution >= 0.6 is 34.2 Å². The van der Waals surface area contributed by atoms with Crippen LogP contribution in [-0.4, -0.2) is 22.3 Å². The lowest BCUT2D eigenvalue weighted by Gasteiger charge is -2.50. The van der Waals surface area contributed by atoms with Crippen LogP contribution in [-0.2, 0) is 0 Å². The second-order valence-corrected chi connectivity index (χ2v) is 7.36. The molecule has 1 aromatic carbocycles. The van der Waals surface area contributed by atoms with Crippen molar-refractivity contribution in [2.45, 2.75) is 38.9 Å². The highest BCUT2D eigenvalue weighted by molar-refractivity contribution is 14.1. The van der Waals surface area contributed by atoms with Gasteiger partial charge in [0.15, 0.2) is 5.75 Å². The number of hydrogen-bond acceptors (Lipinski definition) is 3. The van der Waals surface area contributed by atoms with Gasteiger partial charge in [-0.3, -0.25) is 4.98 Å². The molecule has 0 radical (unpaired) electrons. The number of aliphatic hydroxyl groups is 1. The van der Waals surface area contributed by atoms with Crippen molar-refractivity contribution in [1.82, 2.24) is 4.98 Å². The summed E-state index contributed by atoms with van der Waals surface area (Å²) in [7, 11) is 0. The summed E-state index contributed by atoms with van der Waals surface area (Å²) in [5, 5.41) is 11.6. The first-order chi connectivity index (χ1) is 9.97. The molecule has 1 N–H and O–H groups in total. The van der Waals surface area contributed by atoms with E-state index in [2.05, 4.69) is 41.4 Å². The summed E-state index contributed by atoms with van der Waals surface area (Å²) in [6.45, 7) is 4.16. The molecule has 3 unspecified atom stereocenters. The minimum absolute atomic E-state index is 0.0115. The summed E-state index contributed by atoms with van der Waals surface area (Å²) in [6, 6.07) is 5.72. The van der Waals surface area contributed by atoms with Crippen LogP contribution in [0.25, 0.3) is 10.9 Å². The maximum absolute atomic E-state index is 10.0. The van der Waals surface area contributed by atoms with Crippen LogP contribution in [0.2, 0.25) is 5.02 Å². The van der Waals surface area contributed by atoms with Crippen molar-refractivity contribution in [2.75, 3.05) is 0 Å². The Hall–Kier alpha value is -0.590. The van der Waals surface area contributed by atoms with Crippen LogP contribution in [0.4, 0.5) is 0 Å². The van der Waals surface area contributed by atoms with Crippen LogP contribution < -0.4 is 4.74 Å². The number of aliphatic hydroxyl groups excluding tert-OH is 1. The van der Waals surface area contributed by atoms with E-state index in [9.17, 15) is 5.11 Å². The molecule has 1 aromatic heterocycles. The molecule has 0 aliphatic heterocycles. The van der Waals surface area contributed by atoms with E-state index in [0.717, 1.165) is 26.6 Å².